The number of hydrogen-bond acceptors (Lipinski definition) is 6. The second-order valence-corrected chi connectivity index (χ2v) is 6.41. The van der Waals surface area contributed by atoms with E-state index in [1.165, 1.54) is 23.5 Å². The smallest absolute Gasteiger partial charge is 0.234 e. The van der Waals surface area contributed by atoms with Crippen LogP contribution in [-0.4, -0.2) is 33.6 Å². The van der Waals surface area contributed by atoms with Crippen LogP contribution in [0.15, 0.2) is 23.4 Å². The van der Waals surface area contributed by atoms with Crippen LogP contribution in [-0.2, 0) is 11.2 Å². The number of benzene rings is 1. The minimum Gasteiger partial charge on any atom is -0.495 e. The highest BCUT2D eigenvalue weighted by Gasteiger charge is 2.12. The Morgan fingerprint density at radius 2 is 2.25 bits per heavy atom. The molecule has 1 heterocycles. The maximum Gasteiger partial charge on any atom is 0.234 e. The number of thioether (sulfide) groups is 1. The van der Waals surface area contributed by atoms with Crippen molar-refractivity contribution < 1.29 is 9.53 Å². The summed E-state index contributed by atoms with van der Waals surface area (Å²) in [5.74, 6) is 7.21. The van der Waals surface area contributed by atoms with E-state index < -0.39 is 0 Å². The van der Waals surface area contributed by atoms with Crippen molar-refractivity contribution >= 4 is 35.0 Å². The van der Waals surface area contributed by atoms with Crippen LogP contribution in [0.25, 0.3) is 0 Å². The van der Waals surface area contributed by atoms with E-state index in [9.17, 15) is 4.79 Å². The lowest BCUT2D eigenvalue weighted by molar-refractivity contribution is -0.113. The number of halogens is 1. The Kier molecular flexibility index (Phi) is 6.74. The van der Waals surface area contributed by atoms with Crippen molar-refractivity contribution in [2.24, 2.45) is 0 Å². The molecule has 1 aromatic heterocycles. The molecule has 3 N–H and O–H groups in total. The zero-order valence-electron chi connectivity index (χ0n) is 13.6. The van der Waals surface area contributed by atoms with Crippen LogP contribution < -0.4 is 15.9 Å². The molecule has 0 aliphatic rings. The Hall–Kier alpha value is -1.93. The largest absolute Gasteiger partial charge is 0.495 e. The molecule has 0 bridgehead atoms. The summed E-state index contributed by atoms with van der Waals surface area (Å²) in [6, 6.07) is 5.06. The average molecular weight is 370 g/mol. The fourth-order valence-corrected chi connectivity index (χ4v) is 2.92. The van der Waals surface area contributed by atoms with E-state index in [0.29, 0.717) is 21.6 Å². The van der Waals surface area contributed by atoms with Crippen molar-refractivity contribution in [1.29, 1.82) is 0 Å². The summed E-state index contributed by atoms with van der Waals surface area (Å²) in [5.41, 5.74) is 0.601. The number of carbonyl (C=O) groups is 1. The second kappa shape index (κ2) is 8.79. The molecule has 1 aromatic carbocycles. The van der Waals surface area contributed by atoms with Crippen LogP contribution in [0, 0.1) is 0 Å². The zero-order chi connectivity index (χ0) is 17.5. The number of anilines is 1. The molecule has 0 aliphatic carbocycles. The van der Waals surface area contributed by atoms with Crippen molar-refractivity contribution in [2.75, 3.05) is 24.0 Å². The summed E-state index contributed by atoms with van der Waals surface area (Å²) in [6.45, 7) is 2.10. The summed E-state index contributed by atoms with van der Waals surface area (Å²) in [4.78, 5) is 12.0. The van der Waals surface area contributed by atoms with Gasteiger partial charge in [0.05, 0.1) is 17.9 Å². The monoisotopic (exact) mass is 369 g/mol. The highest BCUT2D eigenvalue weighted by Crippen LogP contribution is 2.27. The highest BCUT2D eigenvalue weighted by molar-refractivity contribution is 7.99. The van der Waals surface area contributed by atoms with Crippen molar-refractivity contribution in [2.45, 2.75) is 31.3 Å². The molecule has 0 radical (unpaired) electrons. The minimum atomic E-state index is -0.181. The third kappa shape index (κ3) is 4.78. The molecule has 2 rings (SSSR count). The number of methoxy groups -OCH3 is 1. The number of unbranched alkanes of at least 4 members (excludes halogenated alkanes) is 1. The van der Waals surface area contributed by atoms with Crippen LogP contribution in [0.1, 0.15) is 25.6 Å². The van der Waals surface area contributed by atoms with Gasteiger partial charge >= 0.3 is 0 Å². The van der Waals surface area contributed by atoms with Crippen molar-refractivity contribution in [1.82, 2.24) is 14.9 Å². The molecule has 9 heteroatoms. The number of nitrogens with zero attached hydrogens (tertiary/aromatic N) is 3. The van der Waals surface area contributed by atoms with Gasteiger partial charge in [-0.2, -0.15) is 0 Å². The molecule has 2 aromatic rings. The molecule has 0 aliphatic heterocycles. The van der Waals surface area contributed by atoms with Gasteiger partial charge in [0.1, 0.15) is 5.75 Å². The van der Waals surface area contributed by atoms with Crippen LogP contribution in [0.4, 0.5) is 5.69 Å². The number of hydrogen-bond donors (Lipinski definition) is 2. The van der Waals surface area contributed by atoms with Gasteiger partial charge in [-0.05, 0) is 24.6 Å². The van der Waals surface area contributed by atoms with Gasteiger partial charge < -0.3 is 15.9 Å². The van der Waals surface area contributed by atoms with Crippen molar-refractivity contribution in [3.05, 3.63) is 29.0 Å². The lowest BCUT2D eigenvalue weighted by Crippen LogP contribution is -2.17. The van der Waals surface area contributed by atoms with E-state index in [1.807, 2.05) is 0 Å². The predicted octanol–water partition coefficient (Wildman–Crippen LogP) is 2.73. The number of nitrogens with one attached hydrogen (secondary N) is 1. The number of aromatic nitrogens is 3. The molecule has 24 heavy (non-hydrogen) atoms. The number of aryl methyl sites for hydroxylation is 1. The van der Waals surface area contributed by atoms with Crippen molar-refractivity contribution in [3.8, 4) is 5.75 Å². The minimum absolute atomic E-state index is 0.173. The first-order valence-electron chi connectivity index (χ1n) is 7.50. The fraction of sp³-hybridized carbons (Fsp3) is 0.400. The van der Waals surface area contributed by atoms with Gasteiger partial charge in [0.15, 0.2) is 5.82 Å². The van der Waals surface area contributed by atoms with E-state index in [-0.39, 0.29) is 11.7 Å². The van der Waals surface area contributed by atoms with E-state index in [1.54, 1.807) is 18.2 Å². The number of ether oxygens (including phenoxy) is 1. The maximum absolute atomic E-state index is 12.0. The van der Waals surface area contributed by atoms with Gasteiger partial charge in [0.25, 0.3) is 0 Å². The molecule has 0 saturated carbocycles. The predicted molar refractivity (Wildman–Crippen MR) is 96.1 cm³/mol. The second-order valence-electron chi connectivity index (χ2n) is 5.06. The first-order valence-corrected chi connectivity index (χ1v) is 8.87. The third-order valence-electron chi connectivity index (χ3n) is 3.26. The molecule has 0 saturated heterocycles. The van der Waals surface area contributed by atoms with Crippen LogP contribution in [0.3, 0.4) is 0 Å². The van der Waals surface area contributed by atoms with Gasteiger partial charge in [-0.25, -0.2) is 4.68 Å². The van der Waals surface area contributed by atoms with Crippen LogP contribution >= 0.6 is 23.4 Å². The summed E-state index contributed by atoms with van der Waals surface area (Å²) in [5, 5.41) is 11.8. The molecule has 0 atom stereocenters. The fourth-order valence-electron chi connectivity index (χ4n) is 1.98. The first-order chi connectivity index (χ1) is 11.5. The molecule has 0 fully saturated rings. The summed E-state index contributed by atoms with van der Waals surface area (Å²) < 4.78 is 6.52. The lowest BCUT2D eigenvalue weighted by Gasteiger charge is -2.08. The molecule has 0 unspecified atom stereocenters. The quantitative estimate of drug-likeness (QED) is 0.548. The number of rotatable bonds is 8. The van der Waals surface area contributed by atoms with Gasteiger partial charge in [-0.1, -0.05) is 36.7 Å². The number of carbonyl (C=O) groups excluding carboxylic acids is 1. The molecule has 1 amide bonds. The van der Waals surface area contributed by atoms with Crippen LogP contribution in [0.5, 0.6) is 5.75 Å². The molecular formula is C15H20ClN5O2S. The van der Waals surface area contributed by atoms with E-state index >= 15 is 0 Å². The zero-order valence-corrected chi connectivity index (χ0v) is 15.2. The lowest BCUT2D eigenvalue weighted by atomic mass is 10.2. The standard InChI is InChI=1S/C15H20ClN5O2S/c1-3-4-5-13-19-20-15(21(13)17)24-9-14(22)18-10-6-7-12(23-2)11(16)8-10/h6-8H,3-5,9,17H2,1-2H3,(H,18,22). The van der Waals surface area contributed by atoms with Gasteiger partial charge in [-0.3, -0.25) is 4.79 Å². The summed E-state index contributed by atoms with van der Waals surface area (Å²) >= 11 is 7.27. The highest BCUT2D eigenvalue weighted by atomic mass is 35.5. The normalized spacial score (nSPS) is 10.6. The molecule has 0 spiro atoms. The number of nitrogen functional groups attached to an aromatic ring is 1. The van der Waals surface area contributed by atoms with Crippen molar-refractivity contribution in [3.63, 3.8) is 0 Å². The maximum atomic E-state index is 12.0. The number of nitrogens with two attached hydrogens (primary N) is 1. The third-order valence-corrected chi connectivity index (χ3v) is 4.50. The Morgan fingerprint density at radius 1 is 1.46 bits per heavy atom. The summed E-state index contributed by atoms with van der Waals surface area (Å²) in [6.07, 6.45) is 2.83. The van der Waals surface area contributed by atoms with E-state index in [4.69, 9.17) is 22.2 Å². The Labute approximate surface area is 149 Å². The SMILES string of the molecule is CCCCc1nnc(SCC(=O)Nc2ccc(OC)c(Cl)c2)n1N. The Bertz CT molecular complexity index is 707. The average Bonchev–Trinajstić information content (AvgIpc) is 2.91. The Balaban J connectivity index is 1.89. The van der Waals surface area contributed by atoms with Gasteiger partial charge in [-0.15, -0.1) is 10.2 Å². The van der Waals surface area contributed by atoms with E-state index in [0.717, 1.165) is 25.1 Å². The molecule has 7 nitrogen and oxygen atoms in total. The Morgan fingerprint density at radius 3 is 2.92 bits per heavy atom. The van der Waals surface area contributed by atoms with Crippen LogP contribution in [0.2, 0.25) is 5.02 Å². The molecular weight excluding hydrogens is 350 g/mol. The van der Waals surface area contributed by atoms with Gasteiger partial charge in [0, 0.05) is 12.1 Å². The first kappa shape index (κ1) is 18.4. The summed E-state index contributed by atoms with van der Waals surface area (Å²) in [7, 11) is 1.54. The topological polar surface area (TPSA) is 95.1 Å². The number of amides is 1. The van der Waals surface area contributed by atoms with Gasteiger partial charge in [0.2, 0.25) is 11.1 Å². The molecule has 130 valence electrons. The van der Waals surface area contributed by atoms with E-state index in [2.05, 4.69) is 22.4 Å².